The van der Waals surface area contributed by atoms with E-state index in [0.29, 0.717) is 6.61 Å². The van der Waals surface area contributed by atoms with Gasteiger partial charge in [0.2, 0.25) is 0 Å². The summed E-state index contributed by atoms with van der Waals surface area (Å²) in [7, 11) is 0. The van der Waals surface area contributed by atoms with Gasteiger partial charge in [0, 0.05) is 12.6 Å². The highest BCUT2D eigenvalue weighted by Crippen LogP contribution is 2.38. The lowest BCUT2D eigenvalue weighted by atomic mass is 10.0. The van der Waals surface area contributed by atoms with Gasteiger partial charge in [-0.3, -0.25) is 9.89 Å². The zero-order chi connectivity index (χ0) is 15.1. The van der Waals surface area contributed by atoms with Crippen LogP contribution in [0.25, 0.3) is 0 Å². The first kappa shape index (κ1) is 13.1. The van der Waals surface area contributed by atoms with Crippen LogP contribution in [0.3, 0.4) is 0 Å². The predicted octanol–water partition coefficient (Wildman–Crippen LogP) is 3.95. The Hall–Kier alpha value is -2.62. The minimum absolute atomic E-state index is 0.0865. The van der Waals surface area contributed by atoms with Crippen molar-refractivity contribution in [3.63, 3.8) is 0 Å². The topological polar surface area (TPSA) is 41.9 Å². The van der Waals surface area contributed by atoms with Crippen LogP contribution in [-0.2, 0) is 11.2 Å². The summed E-state index contributed by atoms with van der Waals surface area (Å²) >= 11 is 0. The van der Waals surface area contributed by atoms with E-state index in [-0.39, 0.29) is 12.1 Å². The normalized spacial score (nSPS) is 19.4. The number of anilines is 1. The first-order chi connectivity index (χ1) is 10.7. The second-order valence-electron chi connectivity index (χ2n) is 5.65. The van der Waals surface area contributed by atoms with Crippen LogP contribution in [0.1, 0.15) is 22.7 Å². The van der Waals surface area contributed by atoms with Crippen LogP contribution < -0.4 is 4.90 Å². The summed E-state index contributed by atoms with van der Waals surface area (Å²) in [6.45, 7) is 2.44. The lowest BCUT2D eigenvalue weighted by Gasteiger charge is -2.23. The number of benzene rings is 2. The molecule has 110 valence electrons. The molecule has 0 unspecified atom stereocenters. The van der Waals surface area contributed by atoms with Gasteiger partial charge in [-0.25, -0.2) is 4.79 Å². The maximum Gasteiger partial charge on any atom is 0.415 e. The summed E-state index contributed by atoms with van der Waals surface area (Å²) in [5, 5.41) is 0. The number of carbonyl (C=O) groups excluding carboxylic acids is 1. The number of cyclic esters (lactones) is 1. The molecule has 0 saturated carbocycles. The first-order valence-electron chi connectivity index (χ1n) is 7.41. The summed E-state index contributed by atoms with van der Waals surface area (Å²) in [4.78, 5) is 18.4. The van der Waals surface area contributed by atoms with E-state index < -0.39 is 0 Å². The van der Waals surface area contributed by atoms with Crippen molar-refractivity contribution in [2.75, 3.05) is 11.5 Å². The third-order valence-electron chi connectivity index (χ3n) is 4.30. The molecular formula is C18H16N2O2. The van der Waals surface area contributed by atoms with Crippen molar-refractivity contribution in [3.8, 4) is 0 Å². The molecule has 2 aliphatic heterocycles. The molecular weight excluding hydrogens is 276 g/mol. The molecule has 0 radical (unpaired) electrons. The lowest BCUT2D eigenvalue weighted by Crippen LogP contribution is -2.27. The van der Waals surface area contributed by atoms with Gasteiger partial charge in [0.1, 0.15) is 6.61 Å². The third-order valence-corrected chi connectivity index (χ3v) is 4.30. The van der Waals surface area contributed by atoms with Crippen molar-refractivity contribution in [1.82, 2.24) is 0 Å². The Kier molecular flexibility index (Phi) is 2.96. The Labute approximate surface area is 129 Å². The number of aliphatic imine (C=N–C) groups is 1. The molecule has 0 spiro atoms. The van der Waals surface area contributed by atoms with Gasteiger partial charge in [-0.15, -0.1) is 0 Å². The molecule has 2 aromatic carbocycles. The Morgan fingerprint density at radius 1 is 1.23 bits per heavy atom. The molecule has 1 amide bonds. The molecule has 2 aliphatic rings. The largest absolute Gasteiger partial charge is 0.447 e. The highest BCUT2D eigenvalue weighted by atomic mass is 16.6. The Bertz CT molecular complexity index is 768. The minimum Gasteiger partial charge on any atom is -0.447 e. The van der Waals surface area contributed by atoms with Crippen molar-refractivity contribution < 1.29 is 9.53 Å². The fraction of sp³-hybridized carbons (Fsp3) is 0.222. The fourth-order valence-electron chi connectivity index (χ4n) is 3.16. The summed E-state index contributed by atoms with van der Waals surface area (Å²) in [6, 6.07) is 13.9. The molecule has 2 aromatic rings. The molecule has 1 fully saturated rings. The smallest absolute Gasteiger partial charge is 0.415 e. The van der Waals surface area contributed by atoms with Gasteiger partial charge in [-0.05, 0) is 35.7 Å². The standard InChI is InChI=1S/C18H16N2O2/c1-12-9-14(10-16-15(12)7-8-19-16)20-17(11-22-18(20)21)13-5-3-2-4-6-13/h2-6,8-10,17H,7,11H2,1H3/t17-/m1/s1. The number of carbonyl (C=O) groups is 1. The van der Waals surface area contributed by atoms with Crippen LogP contribution in [0, 0.1) is 6.92 Å². The highest BCUT2D eigenvalue weighted by Gasteiger charge is 2.35. The summed E-state index contributed by atoms with van der Waals surface area (Å²) in [5.41, 5.74) is 5.30. The SMILES string of the molecule is Cc1cc(N2C(=O)OC[C@@H]2c2ccccc2)cc2c1CC=N2. The number of ether oxygens (including phenoxy) is 1. The van der Waals surface area contributed by atoms with E-state index in [0.717, 1.165) is 28.9 Å². The van der Waals surface area contributed by atoms with Gasteiger partial charge < -0.3 is 4.74 Å². The predicted molar refractivity (Wildman–Crippen MR) is 86.0 cm³/mol. The van der Waals surface area contributed by atoms with Gasteiger partial charge >= 0.3 is 6.09 Å². The molecule has 1 atom stereocenters. The average Bonchev–Trinajstić information content (AvgIpc) is 3.14. The molecule has 4 rings (SSSR count). The van der Waals surface area contributed by atoms with Crippen LogP contribution in [0.15, 0.2) is 47.5 Å². The molecule has 0 N–H and O–H groups in total. The van der Waals surface area contributed by atoms with Crippen molar-refractivity contribution in [2.24, 2.45) is 4.99 Å². The number of hydrogen-bond acceptors (Lipinski definition) is 3. The lowest BCUT2D eigenvalue weighted by molar-refractivity contribution is 0.179. The average molecular weight is 292 g/mol. The number of aryl methyl sites for hydroxylation is 1. The van der Waals surface area contributed by atoms with Crippen LogP contribution in [0.5, 0.6) is 0 Å². The minimum atomic E-state index is -0.296. The summed E-state index contributed by atoms with van der Waals surface area (Å²) < 4.78 is 5.29. The number of fused-ring (bicyclic) bond motifs is 1. The fourth-order valence-corrected chi connectivity index (χ4v) is 3.16. The molecule has 2 heterocycles. The Morgan fingerprint density at radius 3 is 2.86 bits per heavy atom. The number of rotatable bonds is 2. The number of nitrogens with zero attached hydrogens (tertiary/aromatic N) is 2. The quantitative estimate of drug-likeness (QED) is 0.841. The number of amides is 1. The van der Waals surface area contributed by atoms with Gasteiger partial charge in [0.15, 0.2) is 0 Å². The Morgan fingerprint density at radius 2 is 2.05 bits per heavy atom. The first-order valence-corrected chi connectivity index (χ1v) is 7.41. The van der Waals surface area contributed by atoms with Crippen molar-refractivity contribution in [2.45, 2.75) is 19.4 Å². The van der Waals surface area contributed by atoms with Gasteiger partial charge in [0.05, 0.1) is 17.4 Å². The van der Waals surface area contributed by atoms with Crippen LogP contribution in [0.4, 0.5) is 16.2 Å². The molecule has 4 heteroatoms. The van der Waals surface area contributed by atoms with E-state index in [9.17, 15) is 4.79 Å². The molecule has 0 bridgehead atoms. The zero-order valence-corrected chi connectivity index (χ0v) is 12.3. The van der Waals surface area contributed by atoms with Crippen LogP contribution in [0.2, 0.25) is 0 Å². The van der Waals surface area contributed by atoms with E-state index in [1.54, 1.807) is 4.90 Å². The molecule has 22 heavy (non-hydrogen) atoms. The summed E-state index contributed by atoms with van der Waals surface area (Å²) in [5.74, 6) is 0. The van der Waals surface area contributed by atoms with E-state index in [1.165, 1.54) is 5.56 Å². The second-order valence-corrected chi connectivity index (χ2v) is 5.65. The second kappa shape index (κ2) is 4.98. The van der Waals surface area contributed by atoms with Gasteiger partial charge in [0.25, 0.3) is 0 Å². The molecule has 1 saturated heterocycles. The molecule has 4 nitrogen and oxygen atoms in total. The number of hydrogen-bond donors (Lipinski definition) is 0. The van der Waals surface area contributed by atoms with Gasteiger partial charge in [-0.2, -0.15) is 0 Å². The molecule has 0 aliphatic carbocycles. The zero-order valence-electron chi connectivity index (χ0n) is 12.3. The van der Waals surface area contributed by atoms with Crippen LogP contribution >= 0.6 is 0 Å². The third kappa shape index (κ3) is 1.99. The van der Waals surface area contributed by atoms with E-state index in [2.05, 4.69) is 18.0 Å². The maximum absolute atomic E-state index is 12.2. The summed E-state index contributed by atoms with van der Waals surface area (Å²) in [6.07, 6.45) is 2.49. The highest BCUT2D eigenvalue weighted by molar-refractivity contribution is 5.92. The van der Waals surface area contributed by atoms with E-state index >= 15 is 0 Å². The van der Waals surface area contributed by atoms with E-state index in [1.807, 2.05) is 42.6 Å². The van der Waals surface area contributed by atoms with Crippen molar-refractivity contribution in [1.29, 1.82) is 0 Å². The van der Waals surface area contributed by atoms with Crippen LogP contribution in [-0.4, -0.2) is 18.9 Å². The van der Waals surface area contributed by atoms with E-state index in [4.69, 9.17) is 4.74 Å². The maximum atomic E-state index is 12.2. The monoisotopic (exact) mass is 292 g/mol. The van der Waals surface area contributed by atoms with Crippen molar-refractivity contribution in [3.05, 3.63) is 59.2 Å². The van der Waals surface area contributed by atoms with Gasteiger partial charge in [-0.1, -0.05) is 30.3 Å². The molecule has 0 aromatic heterocycles. The Balaban J connectivity index is 1.78. The van der Waals surface area contributed by atoms with Crippen molar-refractivity contribution >= 4 is 23.7 Å².